The van der Waals surface area contributed by atoms with E-state index in [-0.39, 0.29) is 18.1 Å². The molecule has 2 aromatic heterocycles. The van der Waals surface area contributed by atoms with Crippen LogP contribution in [0.15, 0.2) is 46.0 Å². The van der Waals surface area contributed by atoms with Crippen LogP contribution in [0.3, 0.4) is 0 Å². The van der Waals surface area contributed by atoms with Crippen LogP contribution in [0.1, 0.15) is 16.8 Å². The third kappa shape index (κ3) is 4.06. The maximum atomic E-state index is 12.7. The number of halogens is 1. The molecule has 30 heavy (non-hydrogen) atoms. The fraction of sp³-hybridized carbons (Fsp3) is 0.200. The number of carbonyl (C=O) groups is 1. The summed E-state index contributed by atoms with van der Waals surface area (Å²) in [5.74, 6) is -0.621. The molecule has 1 aromatic carbocycles. The predicted molar refractivity (Wildman–Crippen MR) is 117 cm³/mol. The van der Waals surface area contributed by atoms with Crippen molar-refractivity contribution in [1.82, 2.24) is 19.3 Å². The summed E-state index contributed by atoms with van der Waals surface area (Å²) in [5.41, 5.74) is 6.67. The van der Waals surface area contributed by atoms with Gasteiger partial charge in [0.05, 0.1) is 12.2 Å². The Labute approximate surface area is 177 Å². The molecule has 3 rings (SSSR count). The van der Waals surface area contributed by atoms with Crippen LogP contribution in [0.2, 0.25) is 5.15 Å². The lowest BCUT2D eigenvalue weighted by Crippen LogP contribution is -2.39. The first-order valence-electron chi connectivity index (χ1n) is 9.02. The van der Waals surface area contributed by atoms with Gasteiger partial charge in [-0.25, -0.2) is 4.79 Å². The van der Waals surface area contributed by atoms with Gasteiger partial charge < -0.3 is 10.6 Å². The van der Waals surface area contributed by atoms with Gasteiger partial charge >= 0.3 is 5.69 Å². The molecular formula is C20H21ClN6O3. The van der Waals surface area contributed by atoms with E-state index < -0.39 is 17.2 Å². The number of aromatic amines is 1. The molecule has 156 valence electrons. The van der Waals surface area contributed by atoms with Crippen LogP contribution in [-0.2, 0) is 18.4 Å². The van der Waals surface area contributed by atoms with E-state index in [4.69, 9.17) is 17.3 Å². The van der Waals surface area contributed by atoms with Crippen molar-refractivity contribution in [3.63, 3.8) is 0 Å². The minimum Gasteiger partial charge on any atom is -0.383 e. The number of carbonyl (C=O) groups excluding carboxylic acids is 1. The fourth-order valence-corrected chi connectivity index (χ4v) is 3.27. The summed E-state index contributed by atoms with van der Waals surface area (Å²) in [6, 6.07) is 9.16. The molecule has 2 heterocycles. The van der Waals surface area contributed by atoms with E-state index in [0.717, 1.165) is 10.5 Å². The lowest BCUT2D eigenvalue weighted by molar-refractivity contribution is -0.113. The van der Waals surface area contributed by atoms with E-state index in [2.05, 4.69) is 10.1 Å². The number of anilines is 2. The zero-order valence-electron chi connectivity index (χ0n) is 16.7. The van der Waals surface area contributed by atoms with Gasteiger partial charge in [-0.2, -0.15) is 5.10 Å². The number of likely N-dealkylation sites (N-methyl/N-ethyl adjacent to an activating group) is 1. The molecule has 3 aromatic rings. The average Bonchev–Trinajstić information content (AvgIpc) is 2.95. The maximum absolute atomic E-state index is 12.7. The lowest BCUT2D eigenvalue weighted by atomic mass is 10.2. The molecule has 0 saturated carbocycles. The number of H-pyrrole nitrogens is 1. The van der Waals surface area contributed by atoms with Crippen molar-refractivity contribution in [2.75, 3.05) is 17.7 Å². The van der Waals surface area contributed by atoms with Gasteiger partial charge in [-0.1, -0.05) is 41.9 Å². The van der Waals surface area contributed by atoms with Crippen LogP contribution < -0.4 is 21.9 Å². The lowest BCUT2D eigenvalue weighted by Gasteiger charge is -2.19. The summed E-state index contributed by atoms with van der Waals surface area (Å²) >= 11 is 6.17. The smallest absolute Gasteiger partial charge is 0.330 e. The number of hydrogen-bond donors (Lipinski definition) is 2. The molecular weight excluding hydrogens is 408 g/mol. The number of nitrogens with two attached hydrogens (primary N) is 1. The standard InChI is InChI=1S/C20H21ClN6O3/c1-12-14(17(21)26(3)24-12)9-10-15(28)25(2)16-18(22)27(20(30)23-19(16)29)11-13-7-5-4-6-8-13/h4-10H,11,22H2,1-3H3,(H,23,29,30)/b10-9+. The number of nitrogen functional groups attached to an aromatic ring is 1. The molecule has 0 bridgehead atoms. The Morgan fingerprint density at radius 3 is 2.57 bits per heavy atom. The number of hydrogen-bond acceptors (Lipinski definition) is 5. The van der Waals surface area contributed by atoms with E-state index >= 15 is 0 Å². The van der Waals surface area contributed by atoms with Crippen molar-refractivity contribution in [2.45, 2.75) is 13.5 Å². The number of amides is 1. The number of benzene rings is 1. The third-order valence-corrected chi connectivity index (χ3v) is 5.10. The van der Waals surface area contributed by atoms with Crippen molar-refractivity contribution in [3.8, 4) is 0 Å². The predicted octanol–water partition coefficient (Wildman–Crippen LogP) is 1.54. The zero-order valence-corrected chi connectivity index (χ0v) is 17.5. The van der Waals surface area contributed by atoms with E-state index in [0.29, 0.717) is 16.4 Å². The van der Waals surface area contributed by atoms with Crippen molar-refractivity contribution in [2.24, 2.45) is 7.05 Å². The van der Waals surface area contributed by atoms with Crippen LogP contribution in [0.25, 0.3) is 6.08 Å². The zero-order chi connectivity index (χ0) is 22.0. The largest absolute Gasteiger partial charge is 0.383 e. The number of aromatic nitrogens is 4. The molecule has 0 atom stereocenters. The minimum absolute atomic E-state index is 0.104. The second kappa shape index (κ2) is 8.42. The van der Waals surface area contributed by atoms with Gasteiger partial charge in [0, 0.05) is 25.7 Å². The van der Waals surface area contributed by atoms with Gasteiger partial charge in [0.2, 0.25) is 0 Å². The van der Waals surface area contributed by atoms with Gasteiger partial charge in [0.15, 0.2) is 5.69 Å². The van der Waals surface area contributed by atoms with Crippen LogP contribution in [0, 0.1) is 6.92 Å². The quantitative estimate of drug-likeness (QED) is 0.597. The van der Waals surface area contributed by atoms with Crippen LogP contribution in [0.5, 0.6) is 0 Å². The Balaban J connectivity index is 1.95. The Kier molecular flexibility index (Phi) is 5.93. The monoisotopic (exact) mass is 428 g/mol. The molecule has 0 spiro atoms. The summed E-state index contributed by atoms with van der Waals surface area (Å²) in [6.45, 7) is 1.92. The topological polar surface area (TPSA) is 119 Å². The summed E-state index contributed by atoms with van der Waals surface area (Å²) in [5, 5.41) is 4.56. The summed E-state index contributed by atoms with van der Waals surface area (Å²) < 4.78 is 2.70. The Morgan fingerprint density at radius 2 is 1.97 bits per heavy atom. The minimum atomic E-state index is -0.748. The molecule has 1 amide bonds. The molecule has 9 nitrogen and oxygen atoms in total. The molecule has 0 aliphatic rings. The summed E-state index contributed by atoms with van der Waals surface area (Å²) in [6.07, 6.45) is 2.79. The van der Waals surface area contributed by atoms with Gasteiger partial charge in [-0.15, -0.1) is 0 Å². The number of nitrogens with one attached hydrogen (secondary N) is 1. The molecule has 0 fully saturated rings. The highest BCUT2D eigenvalue weighted by Crippen LogP contribution is 2.21. The molecule has 0 saturated heterocycles. The molecule has 3 N–H and O–H groups in total. The SMILES string of the molecule is Cc1nn(C)c(Cl)c1/C=C/C(=O)N(C)c1c(N)n(Cc2ccccc2)c(=O)[nH]c1=O. The van der Waals surface area contributed by atoms with Gasteiger partial charge in [-0.05, 0) is 18.6 Å². The number of rotatable bonds is 5. The van der Waals surface area contributed by atoms with Crippen molar-refractivity contribution in [3.05, 3.63) is 79.2 Å². The molecule has 0 radical (unpaired) electrons. The Hall–Kier alpha value is -3.59. The van der Waals surface area contributed by atoms with E-state index in [1.54, 1.807) is 14.0 Å². The number of nitrogens with zero attached hydrogens (tertiary/aromatic N) is 4. The molecule has 0 aliphatic heterocycles. The van der Waals surface area contributed by atoms with Crippen molar-refractivity contribution < 1.29 is 4.79 Å². The first kappa shape index (κ1) is 21.1. The Morgan fingerprint density at radius 1 is 1.30 bits per heavy atom. The number of aryl methyl sites for hydroxylation is 2. The fourth-order valence-electron chi connectivity index (χ4n) is 3.04. The van der Waals surface area contributed by atoms with Gasteiger partial charge in [0.25, 0.3) is 11.5 Å². The molecule has 0 aliphatic carbocycles. The summed E-state index contributed by atoms with van der Waals surface area (Å²) in [4.78, 5) is 40.7. The maximum Gasteiger partial charge on any atom is 0.330 e. The van der Waals surface area contributed by atoms with Crippen LogP contribution in [-0.4, -0.2) is 32.3 Å². The van der Waals surface area contributed by atoms with Crippen molar-refractivity contribution in [1.29, 1.82) is 0 Å². The molecule has 0 unspecified atom stereocenters. The average molecular weight is 429 g/mol. The highest BCUT2D eigenvalue weighted by Gasteiger charge is 2.20. The Bertz CT molecular complexity index is 1240. The second-order valence-electron chi connectivity index (χ2n) is 6.71. The first-order valence-corrected chi connectivity index (χ1v) is 9.40. The highest BCUT2D eigenvalue weighted by atomic mass is 35.5. The third-order valence-electron chi connectivity index (χ3n) is 4.65. The van der Waals surface area contributed by atoms with Crippen LogP contribution in [0.4, 0.5) is 11.5 Å². The van der Waals surface area contributed by atoms with E-state index in [1.165, 1.54) is 28.4 Å². The first-order chi connectivity index (χ1) is 14.2. The molecule has 10 heteroatoms. The van der Waals surface area contributed by atoms with E-state index in [1.807, 2.05) is 30.3 Å². The van der Waals surface area contributed by atoms with Crippen molar-refractivity contribution >= 4 is 35.1 Å². The normalized spacial score (nSPS) is 11.2. The highest BCUT2D eigenvalue weighted by molar-refractivity contribution is 6.31. The van der Waals surface area contributed by atoms with Gasteiger partial charge in [-0.3, -0.25) is 23.8 Å². The second-order valence-corrected chi connectivity index (χ2v) is 7.07. The van der Waals surface area contributed by atoms with Crippen LogP contribution >= 0.6 is 11.6 Å². The van der Waals surface area contributed by atoms with Gasteiger partial charge in [0.1, 0.15) is 11.0 Å². The van der Waals surface area contributed by atoms with E-state index in [9.17, 15) is 14.4 Å². The summed E-state index contributed by atoms with van der Waals surface area (Å²) in [7, 11) is 3.10.